The van der Waals surface area contributed by atoms with Gasteiger partial charge in [-0.2, -0.15) is 0 Å². The summed E-state index contributed by atoms with van der Waals surface area (Å²) in [6.07, 6.45) is 7.02. The first-order valence-corrected chi connectivity index (χ1v) is 9.40. The van der Waals surface area contributed by atoms with E-state index in [-0.39, 0.29) is 36.2 Å². The zero-order chi connectivity index (χ0) is 16.4. The highest BCUT2D eigenvalue weighted by Crippen LogP contribution is 2.33. The lowest BCUT2D eigenvalue weighted by molar-refractivity contribution is -0.136. The topological polar surface area (TPSA) is 52.7 Å². The molecule has 24 heavy (non-hydrogen) atoms. The SMILES string of the molecule is CC(C)C(=O)N1CCCN(C(=O)C2CC3CCCCC3N2)CC1.Cl. The van der Waals surface area contributed by atoms with Crippen LogP contribution in [0.2, 0.25) is 0 Å². The summed E-state index contributed by atoms with van der Waals surface area (Å²) in [4.78, 5) is 29.0. The molecule has 0 spiro atoms. The van der Waals surface area contributed by atoms with E-state index >= 15 is 0 Å². The van der Waals surface area contributed by atoms with Crippen molar-refractivity contribution in [3.63, 3.8) is 0 Å². The summed E-state index contributed by atoms with van der Waals surface area (Å²) >= 11 is 0. The maximum atomic E-state index is 12.9. The fourth-order valence-electron chi connectivity index (χ4n) is 4.45. The highest BCUT2D eigenvalue weighted by molar-refractivity contribution is 5.85. The Balaban J connectivity index is 0.00000208. The minimum atomic E-state index is 0. The van der Waals surface area contributed by atoms with Crippen LogP contribution in [-0.2, 0) is 9.59 Å². The summed E-state index contributed by atoms with van der Waals surface area (Å²) in [6, 6.07) is 0.569. The molecule has 0 aromatic rings. The van der Waals surface area contributed by atoms with Crippen molar-refractivity contribution in [2.24, 2.45) is 11.8 Å². The van der Waals surface area contributed by atoms with Gasteiger partial charge in [0.15, 0.2) is 0 Å². The van der Waals surface area contributed by atoms with Gasteiger partial charge in [-0.15, -0.1) is 12.4 Å². The zero-order valence-corrected chi connectivity index (χ0v) is 15.8. The Bertz CT molecular complexity index is 444. The summed E-state index contributed by atoms with van der Waals surface area (Å²) < 4.78 is 0. The molecule has 2 amide bonds. The molecule has 2 aliphatic heterocycles. The van der Waals surface area contributed by atoms with Gasteiger partial charge in [-0.05, 0) is 31.6 Å². The average molecular weight is 358 g/mol. The van der Waals surface area contributed by atoms with E-state index in [9.17, 15) is 9.59 Å². The Morgan fingerprint density at radius 1 is 0.958 bits per heavy atom. The van der Waals surface area contributed by atoms with E-state index in [1.54, 1.807) is 0 Å². The quantitative estimate of drug-likeness (QED) is 0.822. The number of nitrogens with zero attached hydrogens (tertiary/aromatic N) is 2. The second-order valence-corrected chi connectivity index (χ2v) is 7.76. The van der Waals surface area contributed by atoms with Crippen LogP contribution in [0.1, 0.15) is 52.4 Å². The van der Waals surface area contributed by atoms with Crippen molar-refractivity contribution >= 4 is 24.2 Å². The van der Waals surface area contributed by atoms with Gasteiger partial charge in [0, 0.05) is 38.1 Å². The van der Waals surface area contributed by atoms with Crippen molar-refractivity contribution in [2.75, 3.05) is 26.2 Å². The number of halogens is 1. The van der Waals surface area contributed by atoms with E-state index < -0.39 is 0 Å². The maximum Gasteiger partial charge on any atom is 0.239 e. The molecule has 5 nitrogen and oxygen atoms in total. The van der Waals surface area contributed by atoms with Crippen LogP contribution in [0, 0.1) is 11.8 Å². The number of hydrogen-bond donors (Lipinski definition) is 1. The van der Waals surface area contributed by atoms with Gasteiger partial charge in [0.05, 0.1) is 6.04 Å². The first-order valence-electron chi connectivity index (χ1n) is 9.40. The number of rotatable bonds is 2. The van der Waals surface area contributed by atoms with Gasteiger partial charge >= 0.3 is 0 Å². The number of amides is 2. The number of hydrogen-bond acceptors (Lipinski definition) is 3. The summed E-state index contributed by atoms with van der Waals surface area (Å²) in [5.41, 5.74) is 0. The second kappa shape index (κ2) is 8.52. The number of carbonyl (C=O) groups is 2. The molecule has 0 bridgehead atoms. The smallest absolute Gasteiger partial charge is 0.239 e. The van der Waals surface area contributed by atoms with Crippen molar-refractivity contribution in [2.45, 2.75) is 64.5 Å². The van der Waals surface area contributed by atoms with Crippen LogP contribution in [0.4, 0.5) is 0 Å². The standard InChI is InChI=1S/C18H31N3O2.ClH/c1-13(2)17(22)20-8-5-9-21(11-10-20)18(23)16-12-14-6-3-4-7-15(14)19-16;/h13-16,19H,3-12H2,1-2H3;1H. The molecule has 2 heterocycles. The van der Waals surface area contributed by atoms with Crippen LogP contribution in [0.15, 0.2) is 0 Å². The molecule has 0 aromatic heterocycles. The monoisotopic (exact) mass is 357 g/mol. The van der Waals surface area contributed by atoms with Crippen LogP contribution in [0.3, 0.4) is 0 Å². The first kappa shape index (κ1) is 19.5. The second-order valence-electron chi connectivity index (χ2n) is 7.76. The van der Waals surface area contributed by atoms with Crippen molar-refractivity contribution in [1.29, 1.82) is 0 Å². The third-order valence-corrected chi connectivity index (χ3v) is 5.77. The Kier molecular flexibility index (Phi) is 6.93. The fraction of sp³-hybridized carbons (Fsp3) is 0.889. The first-order chi connectivity index (χ1) is 11.1. The van der Waals surface area contributed by atoms with Crippen LogP contribution in [-0.4, -0.2) is 59.9 Å². The minimum Gasteiger partial charge on any atom is -0.341 e. The number of carbonyl (C=O) groups excluding carboxylic acids is 2. The van der Waals surface area contributed by atoms with E-state index in [0.717, 1.165) is 25.9 Å². The molecular formula is C18H32ClN3O2. The molecule has 1 N–H and O–H groups in total. The predicted molar refractivity (Wildman–Crippen MR) is 97.1 cm³/mol. The van der Waals surface area contributed by atoms with Crippen LogP contribution in [0.5, 0.6) is 0 Å². The lowest BCUT2D eigenvalue weighted by atomic mass is 9.85. The zero-order valence-electron chi connectivity index (χ0n) is 15.0. The Morgan fingerprint density at radius 2 is 1.62 bits per heavy atom. The van der Waals surface area contributed by atoms with Gasteiger partial charge in [0.25, 0.3) is 0 Å². The summed E-state index contributed by atoms with van der Waals surface area (Å²) in [7, 11) is 0. The molecule has 0 radical (unpaired) electrons. The fourth-order valence-corrected chi connectivity index (χ4v) is 4.45. The van der Waals surface area contributed by atoms with Gasteiger partial charge in [0.2, 0.25) is 11.8 Å². The Morgan fingerprint density at radius 3 is 2.33 bits per heavy atom. The summed E-state index contributed by atoms with van der Waals surface area (Å²) in [5, 5.41) is 3.59. The third kappa shape index (κ3) is 4.23. The molecule has 3 fully saturated rings. The van der Waals surface area contributed by atoms with E-state index in [1.165, 1.54) is 25.7 Å². The molecule has 3 rings (SSSR count). The molecule has 1 aliphatic carbocycles. The lowest BCUT2D eigenvalue weighted by Gasteiger charge is -2.26. The molecule has 0 aromatic carbocycles. The Hall–Kier alpha value is -0.810. The maximum absolute atomic E-state index is 12.9. The number of nitrogens with one attached hydrogen (secondary N) is 1. The molecular weight excluding hydrogens is 326 g/mol. The van der Waals surface area contributed by atoms with E-state index in [2.05, 4.69) is 5.32 Å². The molecule has 1 saturated carbocycles. The normalized spacial score (nSPS) is 30.5. The predicted octanol–water partition coefficient (Wildman–Crippen LogP) is 2.05. The molecule has 2 saturated heterocycles. The van der Waals surface area contributed by atoms with Gasteiger partial charge in [-0.1, -0.05) is 26.7 Å². The summed E-state index contributed by atoms with van der Waals surface area (Å²) in [6.45, 7) is 6.83. The summed E-state index contributed by atoms with van der Waals surface area (Å²) in [5.74, 6) is 1.21. The van der Waals surface area contributed by atoms with Gasteiger partial charge in [-0.3, -0.25) is 9.59 Å². The van der Waals surface area contributed by atoms with Crippen molar-refractivity contribution in [1.82, 2.24) is 15.1 Å². The third-order valence-electron chi connectivity index (χ3n) is 5.77. The molecule has 3 atom stereocenters. The van der Waals surface area contributed by atoms with Crippen molar-refractivity contribution in [3.8, 4) is 0 Å². The molecule has 3 unspecified atom stereocenters. The van der Waals surface area contributed by atoms with E-state index in [4.69, 9.17) is 0 Å². The van der Waals surface area contributed by atoms with Crippen molar-refractivity contribution in [3.05, 3.63) is 0 Å². The van der Waals surface area contributed by atoms with Crippen LogP contribution >= 0.6 is 12.4 Å². The van der Waals surface area contributed by atoms with Crippen LogP contribution in [0.25, 0.3) is 0 Å². The highest BCUT2D eigenvalue weighted by atomic mass is 35.5. The van der Waals surface area contributed by atoms with Gasteiger partial charge < -0.3 is 15.1 Å². The van der Waals surface area contributed by atoms with Gasteiger partial charge in [0.1, 0.15) is 0 Å². The highest BCUT2D eigenvalue weighted by Gasteiger charge is 2.39. The number of fused-ring (bicyclic) bond motifs is 1. The van der Waals surface area contributed by atoms with E-state index in [1.807, 2.05) is 23.6 Å². The van der Waals surface area contributed by atoms with Crippen molar-refractivity contribution < 1.29 is 9.59 Å². The molecule has 3 aliphatic rings. The largest absolute Gasteiger partial charge is 0.341 e. The molecule has 138 valence electrons. The van der Waals surface area contributed by atoms with E-state index in [0.29, 0.717) is 25.0 Å². The average Bonchev–Trinajstić information content (AvgIpc) is 2.83. The Labute approximate surface area is 151 Å². The molecule has 6 heteroatoms. The minimum absolute atomic E-state index is 0. The lowest BCUT2D eigenvalue weighted by Crippen LogP contribution is -2.47. The van der Waals surface area contributed by atoms with Crippen LogP contribution < -0.4 is 5.32 Å². The van der Waals surface area contributed by atoms with Gasteiger partial charge in [-0.25, -0.2) is 0 Å².